The number of nitrogens with two attached hydrogens (primary N) is 2. The highest BCUT2D eigenvalue weighted by atomic mass is 16.1. The molecule has 0 bridgehead atoms. The summed E-state index contributed by atoms with van der Waals surface area (Å²) in [5.41, 5.74) is 12.8. The Labute approximate surface area is 117 Å². The Bertz CT molecular complexity index is 614. The summed E-state index contributed by atoms with van der Waals surface area (Å²) in [5, 5.41) is 0. The molecule has 0 atom stereocenters. The van der Waals surface area contributed by atoms with Gasteiger partial charge < -0.3 is 16.4 Å². The maximum Gasteiger partial charge on any atom is 0.237 e. The van der Waals surface area contributed by atoms with Gasteiger partial charge in [0.1, 0.15) is 0 Å². The highest BCUT2D eigenvalue weighted by Gasteiger charge is 2.15. The van der Waals surface area contributed by atoms with Crippen LogP contribution in [0.5, 0.6) is 0 Å². The maximum atomic E-state index is 11.2. The minimum Gasteiger partial charge on any atom is -0.381 e. The molecule has 4 N–H and O–H groups in total. The number of rotatable bonds is 6. The van der Waals surface area contributed by atoms with Gasteiger partial charge >= 0.3 is 0 Å². The Kier molecular flexibility index (Phi) is 4.34. The molecule has 2 rings (SSSR count). The molecule has 2 aromatic rings. The fourth-order valence-electron chi connectivity index (χ4n) is 2.03. The summed E-state index contributed by atoms with van der Waals surface area (Å²) < 4.78 is 0. The lowest BCUT2D eigenvalue weighted by atomic mass is 10.3. The summed E-state index contributed by atoms with van der Waals surface area (Å²) in [7, 11) is 0. The standard InChI is InChI=1S/C14H19N5O/c1-2-3-8-19(9-12(15)20)14-13(16)17-10-6-4-5-7-11(10)18-14/h4-7H,2-3,8-9H2,1H3,(H2,15,20)(H2,16,17). The molecule has 0 radical (unpaired) electrons. The maximum absolute atomic E-state index is 11.2. The van der Waals surface area contributed by atoms with Gasteiger partial charge in [0.05, 0.1) is 17.6 Å². The third kappa shape index (κ3) is 3.14. The zero-order valence-electron chi connectivity index (χ0n) is 11.5. The first-order chi connectivity index (χ1) is 9.61. The molecule has 6 nitrogen and oxygen atoms in total. The fourth-order valence-corrected chi connectivity index (χ4v) is 2.03. The normalized spacial score (nSPS) is 10.7. The van der Waals surface area contributed by atoms with Gasteiger partial charge in [-0.1, -0.05) is 25.5 Å². The molecule has 0 unspecified atom stereocenters. The van der Waals surface area contributed by atoms with E-state index < -0.39 is 5.91 Å². The molecular formula is C14H19N5O. The van der Waals surface area contributed by atoms with Crippen LogP contribution >= 0.6 is 0 Å². The largest absolute Gasteiger partial charge is 0.381 e. The first-order valence-corrected chi connectivity index (χ1v) is 6.67. The van der Waals surface area contributed by atoms with Crippen molar-refractivity contribution >= 4 is 28.6 Å². The van der Waals surface area contributed by atoms with E-state index in [2.05, 4.69) is 16.9 Å². The number of amides is 1. The van der Waals surface area contributed by atoms with Gasteiger partial charge in [0.15, 0.2) is 11.6 Å². The summed E-state index contributed by atoms with van der Waals surface area (Å²) in [6, 6.07) is 7.50. The average Bonchev–Trinajstić information content (AvgIpc) is 2.42. The monoisotopic (exact) mass is 273 g/mol. The van der Waals surface area contributed by atoms with Crippen molar-refractivity contribution in [1.82, 2.24) is 9.97 Å². The van der Waals surface area contributed by atoms with Crippen molar-refractivity contribution in [3.63, 3.8) is 0 Å². The molecule has 6 heteroatoms. The van der Waals surface area contributed by atoms with Gasteiger partial charge in [0.2, 0.25) is 5.91 Å². The predicted octanol–water partition coefficient (Wildman–Crippen LogP) is 1.30. The number of aromatic nitrogens is 2. The summed E-state index contributed by atoms with van der Waals surface area (Å²) >= 11 is 0. The second-order valence-electron chi connectivity index (χ2n) is 4.66. The molecule has 0 aliphatic heterocycles. The number of carbonyl (C=O) groups excluding carboxylic acids is 1. The van der Waals surface area contributed by atoms with Crippen LogP contribution in [0.15, 0.2) is 24.3 Å². The number of carbonyl (C=O) groups is 1. The number of para-hydroxylation sites is 2. The Morgan fingerprint density at radius 2 is 1.90 bits per heavy atom. The lowest BCUT2D eigenvalue weighted by molar-refractivity contribution is -0.116. The van der Waals surface area contributed by atoms with Crippen LogP contribution in [-0.2, 0) is 4.79 Å². The molecule has 1 heterocycles. The summed E-state index contributed by atoms with van der Waals surface area (Å²) in [6.07, 6.45) is 1.94. The topological polar surface area (TPSA) is 98.1 Å². The number of hydrogen-bond acceptors (Lipinski definition) is 5. The van der Waals surface area contributed by atoms with Gasteiger partial charge in [-0.15, -0.1) is 0 Å². The van der Waals surface area contributed by atoms with Crippen molar-refractivity contribution in [2.24, 2.45) is 5.73 Å². The number of primary amides is 1. The van der Waals surface area contributed by atoms with Crippen molar-refractivity contribution in [3.8, 4) is 0 Å². The Balaban J connectivity index is 2.40. The van der Waals surface area contributed by atoms with E-state index in [1.165, 1.54) is 0 Å². The molecule has 1 amide bonds. The lowest BCUT2D eigenvalue weighted by Gasteiger charge is -2.23. The molecule has 0 aliphatic carbocycles. The molecule has 0 spiro atoms. The Morgan fingerprint density at radius 1 is 1.25 bits per heavy atom. The quantitative estimate of drug-likeness (QED) is 0.826. The average molecular weight is 273 g/mol. The van der Waals surface area contributed by atoms with Crippen molar-refractivity contribution in [1.29, 1.82) is 0 Å². The first-order valence-electron chi connectivity index (χ1n) is 6.67. The second kappa shape index (κ2) is 6.18. The van der Waals surface area contributed by atoms with Gasteiger partial charge in [0.25, 0.3) is 0 Å². The number of anilines is 2. The SMILES string of the molecule is CCCCN(CC(N)=O)c1nc2ccccc2nc1N. The smallest absolute Gasteiger partial charge is 0.237 e. The van der Waals surface area contributed by atoms with Crippen LogP contribution < -0.4 is 16.4 Å². The van der Waals surface area contributed by atoms with Crippen molar-refractivity contribution in [3.05, 3.63) is 24.3 Å². The van der Waals surface area contributed by atoms with Gasteiger partial charge in [-0.3, -0.25) is 4.79 Å². The molecule has 106 valence electrons. The number of unbranched alkanes of at least 4 members (excludes halogenated alkanes) is 1. The number of nitrogens with zero attached hydrogens (tertiary/aromatic N) is 3. The first kappa shape index (κ1) is 14.0. The third-order valence-corrected chi connectivity index (χ3v) is 3.01. The number of nitrogen functional groups attached to an aromatic ring is 1. The van der Waals surface area contributed by atoms with E-state index in [0.29, 0.717) is 18.2 Å². The highest BCUT2D eigenvalue weighted by Crippen LogP contribution is 2.22. The zero-order chi connectivity index (χ0) is 14.5. The molecule has 0 aliphatic rings. The van der Waals surface area contributed by atoms with Gasteiger partial charge in [0, 0.05) is 6.54 Å². The number of fused-ring (bicyclic) bond motifs is 1. The van der Waals surface area contributed by atoms with E-state index >= 15 is 0 Å². The van der Waals surface area contributed by atoms with E-state index in [1.807, 2.05) is 24.3 Å². The summed E-state index contributed by atoms with van der Waals surface area (Å²) in [4.78, 5) is 21.8. The minimum absolute atomic E-state index is 0.0945. The van der Waals surface area contributed by atoms with E-state index in [9.17, 15) is 4.79 Å². The molecule has 1 aromatic carbocycles. The second-order valence-corrected chi connectivity index (χ2v) is 4.66. The van der Waals surface area contributed by atoms with E-state index in [4.69, 9.17) is 11.5 Å². The minimum atomic E-state index is -0.407. The molecule has 1 aromatic heterocycles. The highest BCUT2D eigenvalue weighted by molar-refractivity contribution is 5.83. The Morgan fingerprint density at radius 3 is 2.50 bits per heavy atom. The summed E-state index contributed by atoms with van der Waals surface area (Å²) in [6.45, 7) is 2.85. The predicted molar refractivity (Wildman–Crippen MR) is 80.3 cm³/mol. The molecular weight excluding hydrogens is 254 g/mol. The zero-order valence-corrected chi connectivity index (χ0v) is 11.5. The van der Waals surface area contributed by atoms with Crippen LogP contribution in [0.3, 0.4) is 0 Å². The van der Waals surface area contributed by atoms with Crippen LogP contribution in [0.1, 0.15) is 19.8 Å². The Hall–Kier alpha value is -2.37. The third-order valence-electron chi connectivity index (χ3n) is 3.01. The molecule has 0 saturated carbocycles. The van der Waals surface area contributed by atoms with Crippen molar-refractivity contribution in [2.45, 2.75) is 19.8 Å². The van der Waals surface area contributed by atoms with Crippen LogP contribution in [0.25, 0.3) is 11.0 Å². The number of benzene rings is 1. The van der Waals surface area contributed by atoms with Crippen LogP contribution in [0, 0.1) is 0 Å². The van der Waals surface area contributed by atoms with Crippen molar-refractivity contribution < 1.29 is 4.79 Å². The van der Waals surface area contributed by atoms with Crippen LogP contribution in [-0.4, -0.2) is 29.0 Å². The van der Waals surface area contributed by atoms with Crippen LogP contribution in [0.4, 0.5) is 11.6 Å². The van der Waals surface area contributed by atoms with Gasteiger partial charge in [-0.05, 0) is 18.6 Å². The van der Waals surface area contributed by atoms with Gasteiger partial charge in [-0.2, -0.15) is 0 Å². The van der Waals surface area contributed by atoms with E-state index in [0.717, 1.165) is 23.9 Å². The van der Waals surface area contributed by atoms with Crippen molar-refractivity contribution in [2.75, 3.05) is 23.7 Å². The van der Waals surface area contributed by atoms with E-state index in [1.54, 1.807) is 4.90 Å². The molecule has 0 saturated heterocycles. The van der Waals surface area contributed by atoms with Gasteiger partial charge in [-0.25, -0.2) is 9.97 Å². The summed E-state index contributed by atoms with van der Waals surface area (Å²) in [5.74, 6) is 0.437. The van der Waals surface area contributed by atoms with E-state index in [-0.39, 0.29) is 6.54 Å². The molecule has 20 heavy (non-hydrogen) atoms. The van der Waals surface area contributed by atoms with Crippen LogP contribution in [0.2, 0.25) is 0 Å². The fraction of sp³-hybridized carbons (Fsp3) is 0.357. The lowest BCUT2D eigenvalue weighted by Crippen LogP contribution is -2.35. The number of hydrogen-bond donors (Lipinski definition) is 2. The molecule has 0 fully saturated rings.